The van der Waals surface area contributed by atoms with Gasteiger partial charge in [-0.25, -0.2) is 9.18 Å². The number of likely N-dealkylation sites (N-methyl/N-ethyl adjacent to an activating group) is 1. The molecule has 1 aromatic heterocycles. The number of fused-ring (bicyclic) bond motifs is 1. The van der Waals surface area contributed by atoms with Gasteiger partial charge in [0.15, 0.2) is 0 Å². The Kier molecular flexibility index (Phi) is 6.41. The monoisotopic (exact) mass is 341 g/mol. The molecule has 0 saturated carbocycles. The maximum absolute atomic E-state index is 14.4. The first-order chi connectivity index (χ1) is 11.5. The van der Waals surface area contributed by atoms with Crippen LogP contribution >= 0.6 is 0 Å². The summed E-state index contributed by atoms with van der Waals surface area (Å²) < 4.78 is 21.0. The topological polar surface area (TPSA) is 67.6 Å². The molecule has 2 heterocycles. The van der Waals surface area contributed by atoms with E-state index in [-0.39, 0.29) is 43.4 Å². The second-order valence-electron chi connectivity index (χ2n) is 6.10. The van der Waals surface area contributed by atoms with E-state index in [1.165, 1.54) is 18.0 Å². The number of nitrogens with zero attached hydrogens (tertiary/aromatic N) is 3. The Morgan fingerprint density at radius 1 is 1.40 bits per heavy atom. The fourth-order valence-corrected chi connectivity index (χ4v) is 3.07. The number of hydrogen-bond donors (Lipinski definition) is 1. The maximum atomic E-state index is 14.4. The van der Waals surface area contributed by atoms with Crippen molar-refractivity contribution in [3.05, 3.63) is 52.1 Å². The summed E-state index contributed by atoms with van der Waals surface area (Å²) >= 11 is 0. The van der Waals surface area contributed by atoms with Gasteiger partial charge in [0.05, 0.1) is 25.0 Å². The number of carboxylic acid groups (broad SMARTS) is 1. The molecule has 2 aromatic rings. The summed E-state index contributed by atoms with van der Waals surface area (Å²) in [5, 5.41) is 13.3. The fraction of sp³-hybridized carbons (Fsp3) is 0.412. The fourth-order valence-electron chi connectivity index (χ4n) is 3.07. The third-order valence-corrected chi connectivity index (χ3v) is 4.35. The molecule has 8 heteroatoms. The number of aromatic nitrogens is 2. The van der Waals surface area contributed by atoms with Gasteiger partial charge in [-0.1, -0.05) is 0 Å². The summed E-state index contributed by atoms with van der Waals surface area (Å²) in [6.07, 6.45) is 2.11. The van der Waals surface area contributed by atoms with E-state index >= 15 is 0 Å². The predicted molar refractivity (Wildman–Crippen MR) is 92.6 cm³/mol. The summed E-state index contributed by atoms with van der Waals surface area (Å²) in [4.78, 5) is 13.5. The van der Waals surface area contributed by atoms with Crippen LogP contribution in [-0.4, -0.2) is 65.3 Å². The third kappa shape index (κ3) is 4.13. The van der Waals surface area contributed by atoms with E-state index in [2.05, 4.69) is 10.00 Å². The second kappa shape index (κ2) is 8.15. The Labute approximate surface area is 157 Å². The van der Waals surface area contributed by atoms with E-state index in [0.29, 0.717) is 11.3 Å². The van der Waals surface area contributed by atoms with Crippen molar-refractivity contribution in [2.45, 2.75) is 26.1 Å². The van der Waals surface area contributed by atoms with Crippen LogP contribution < -0.4 is 0 Å². The zero-order valence-electron chi connectivity index (χ0n) is 13.8. The summed E-state index contributed by atoms with van der Waals surface area (Å²) in [6, 6.07) is 3.45. The van der Waals surface area contributed by atoms with E-state index in [1.54, 1.807) is 6.07 Å². The molecule has 3 rings (SSSR count). The molecule has 0 atom stereocenters. The molecular formula is C17H21FLiN3O3. The number of methoxy groups -OCH3 is 1. The van der Waals surface area contributed by atoms with Gasteiger partial charge in [0.2, 0.25) is 0 Å². The first kappa shape index (κ1) is 19.7. The van der Waals surface area contributed by atoms with Crippen LogP contribution in [-0.2, 0) is 30.9 Å². The van der Waals surface area contributed by atoms with Crippen molar-refractivity contribution in [2.75, 3.05) is 20.7 Å². The molecule has 1 aliphatic rings. The number of halogens is 1. The Hall–Kier alpha value is -1.65. The van der Waals surface area contributed by atoms with Gasteiger partial charge in [0.25, 0.3) is 0 Å². The minimum absolute atomic E-state index is 0. The predicted octanol–water partition coefficient (Wildman–Crippen LogP) is 1.25. The van der Waals surface area contributed by atoms with E-state index in [4.69, 9.17) is 4.74 Å². The van der Waals surface area contributed by atoms with Gasteiger partial charge in [0, 0.05) is 25.8 Å². The number of carbonyl (C=O) groups is 1. The quantitative estimate of drug-likeness (QED) is 0.829. The van der Waals surface area contributed by atoms with Crippen LogP contribution in [0.25, 0.3) is 0 Å². The first-order valence-electron chi connectivity index (χ1n) is 7.75. The summed E-state index contributed by atoms with van der Waals surface area (Å²) in [6.45, 7) is 1.99. The van der Waals surface area contributed by atoms with Crippen LogP contribution in [0.4, 0.5) is 4.39 Å². The molecule has 1 aromatic carbocycles. The number of hydrogen-bond acceptors (Lipinski definition) is 4. The molecule has 25 heavy (non-hydrogen) atoms. The number of carboxylic acids is 1. The molecule has 0 saturated heterocycles. The SMILES string of the molecule is COCc1c(C(=O)O)cnn1Cc1cc2c(cc1F)CCN(C)C2.[LiH]. The molecule has 0 spiro atoms. The normalized spacial score (nSPS) is 14.0. The third-order valence-electron chi connectivity index (χ3n) is 4.35. The van der Waals surface area contributed by atoms with Crippen molar-refractivity contribution in [3.63, 3.8) is 0 Å². The van der Waals surface area contributed by atoms with Gasteiger partial charge in [-0.2, -0.15) is 5.10 Å². The van der Waals surface area contributed by atoms with Gasteiger partial charge in [-0.15, -0.1) is 0 Å². The number of rotatable bonds is 5. The number of benzene rings is 1. The van der Waals surface area contributed by atoms with Crippen LogP contribution in [0.3, 0.4) is 0 Å². The zero-order chi connectivity index (χ0) is 17.3. The average molecular weight is 341 g/mol. The standard InChI is InChI=1S/C17H20FN3O3.Li.H/c1-20-4-3-11-6-15(18)13(5-12(11)8-20)9-21-16(10-24-2)14(7-19-21)17(22)23;;/h5-7H,3-4,8-10H2,1-2H3,(H,22,23);;. The van der Waals surface area contributed by atoms with Crippen molar-refractivity contribution in [1.29, 1.82) is 0 Å². The number of ether oxygens (including phenoxy) is 1. The molecule has 0 unspecified atom stereocenters. The molecule has 0 amide bonds. The van der Waals surface area contributed by atoms with Crippen molar-refractivity contribution >= 4 is 24.8 Å². The number of aromatic carboxylic acids is 1. The molecule has 1 aliphatic heterocycles. The average Bonchev–Trinajstić information content (AvgIpc) is 2.92. The van der Waals surface area contributed by atoms with Gasteiger partial charge in [-0.05, 0) is 36.7 Å². The van der Waals surface area contributed by atoms with Crippen molar-refractivity contribution < 1.29 is 19.0 Å². The minimum atomic E-state index is -1.07. The van der Waals surface area contributed by atoms with Crippen LogP contribution in [0.15, 0.2) is 18.3 Å². The van der Waals surface area contributed by atoms with E-state index in [0.717, 1.165) is 30.6 Å². The van der Waals surface area contributed by atoms with Gasteiger partial charge < -0.3 is 14.7 Å². The second-order valence-corrected chi connectivity index (χ2v) is 6.10. The Morgan fingerprint density at radius 2 is 2.16 bits per heavy atom. The van der Waals surface area contributed by atoms with Crippen LogP contribution in [0, 0.1) is 5.82 Å². The van der Waals surface area contributed by atoms with Crippen molar-refractivity contribution in [3.8, 4) is 0 Å². The van der Waals surface area contributed by atoms with E-state index < -0.39 is 5.97 Å². The van der Waals surface area contributed by atoms with Crippen LogP contribution in [0.5, 0.6) is 0 Å². The molecule has 130 valence electrons. The van der Waals surface area contributed by atoms with Gasteiger partial charge >= 0.3 is 24.8 Å². The van der Waals surface area contributed by atoms with Crippen LogP contribution in [0.2, 0.25) is 0 Å². The molecule has 6 nitrogen and oxygen atoms in total. The van der Waals surface area contributed by atoms with E-state index in [1.807, 2.05) is 13.1 Å². The first-order valence-corrected chi connectivity index (χ1v) is 7.75. The molecule has 1 N–H and O–H groups in total. The Bertz CT molecular complexity index is 779. The van der Waals surface area contributed by atoms with Crippen molar-refractivity contribution in [2.24, 2.45) is 0 Å². The molecule has 0 fully saturated rings. The van der Waals surface area contributed by atoms with Gasteiger partial charge in [0.1, 0.15) is 11.4 Å². The van der Waals surface area contributed by atoms with E-state index in [9.17, 15) is 14.3 Å². The Balaban J connectivity index is 0.00000225. The van der Waals surface area contributed by atoms with Crippen molar-refractivity contribution in [1.82, 2.24) is 14.7 Å². The molecule has 0 radical (unpaired) electrons. The summed E-state index contributed by atoms with van der Waals surface area (Å²) in [5.41, 5.74) is 3.16. The van der Waals surface area contributed by atoms with Crippen LogP contribution in [0.1, 0.15) is 32.7 Å². The molecular weight excluding hydrogens is 320 g/mol. The summed E-state index contributed by atoms with van der Waals surface area (Å²) in [5.74, 6) is -1.35. The van der Waals surface area contributed by atoms with Gasteiger partial charge in [-0.3, -0.25) is 4.68 Å². The molecule has 0 bridgehead atoms. The Morgan fingerprint density at radius 3 is 2.84 bits per heavy atom. The zero-order valence-corrected chi connectivity index (χ0v) is 13.8. The summed E-state index contributed by atoms with van der Waals surface area (Å²) in [7, 11) is 3.52. The molecule has 0 aliphatic carbocycles.